The van der Waals surface area contributed by atoms with Crippen LogP contribution in [0, 0.1) is 13.8 Å². The standard InChI is InChI=1S/C35H43N3O2/c1-26-12-8-10-16-31(26)35(20-23-39,32-17-11-9-13-27(32)2)38-21-18-34(19-22-38,30-14-6-5-7-15-30)33(40)37-24-28(3)36-29(4)25-37/h5-17,23,28-29,36H,18-22,24-25H2,1-4H3. The quantitative estimate of drug-likeness (QED) is 0.411. The molecule has 0 aromatic heterocycles. The number of nitrogens with one attached hydrogen (secondary N) is 1. The van der Waals surface area contributed by atoms with Crippen LogP contribution in [0.25, 0.3) is 0 Å². The number of piperidine rings is 1. The molecule has 5 nitrogen and oxygen atoms in total. The lowest BCUT2D eigenvalue weighted by Crippen LogP contribution is -2.62. The summed E-state index contributed by atoms with van der Waals surface area (Å²) in [5.74, 6) is 0.242. The summed E-state index contributed by atoms with van der Waals surface area (Å²) >= 11 is 0. The Morgan fingerprint density at radius 3 is 1.85 bits per heavy atom. The average Bonchev–Trinajstić information content (AvgIpc) is 2.96. The van der Waals surface area contributed by atoms with E-state index in [9.17, 15) is 9.59 Å². The van der Waals surface area contributed by atoms with E-state index < -0.39 is 11.0 Å². The minimum atomic E-state index is -0.595. The lowest BCUT2D eigenvalue weighted by Gasteiger charge is -2.52. The number of likely N-dealkylation sites (tertiary alicyclic amines) is 1. The second kappa shape index (κ2) is 11.7. The van der Waals surface area contributed by atoms with Crippen molar-refractivity contribution in [1.82, 2.24) is 15.1 Å². The Bertz CT molecular complexity index is 1270. The van der Waals surface area contributed by atoms with Gasteiger partial charge in [-0.15, -0.1) is 0 Å². The Labute approximate surface area is 239 Å². The van der Waals surface area contributed by atoms with Crippen molar-refractivity contribution in [2.45, 2.75) is 70.0 Å². The number of carbonyl (C=O) groups is 2. The fourth-order valence-corrected chi connectivity index (χ4v) is 7.48. The van der Waals surface area contributed by atoms with Crippen LogP contribution in [0.5, 0.6) is 0 Å². The molecule has 3 aromatic rings. The van der Waals surface area contributed by atoms with Gasteiger partial charge in [0.1, 0.15) is 6.29 Å². The van der Waals surface area contributed by atoms with Gasteiger partial charge in [0.05, 0.1) is 11.0 Å². The zero-order valence-electron chi connectivity index (χ0n) is 24.4. The molecule has 2 aliphatic rings. The first kappa shape index (κ1) is 28.3. The zero-order valence-corrected chi connectivity index (χ0v) is 24.4. The monoisotopic (exact) mass is 537 g/mol. The third kappa shape index (κ3) is 5.02. The van der Waals surface area contributed by atoms with E-state index in [0.29, 0.717) is 32.4 Å². The van der Waals surface area contributed by atoms with Crippen molar-refractivity contribution in [1.29, 1.82) is 0 Å². The molecule has 0 spiro atoms. The molecule has 0 saturated carbocycles. The van der Waals surface area contributed by atoms with Crippen molar-refractivity contribution < 1.29 is 9.59 Å². The molecule has 2 fully saturated rings. The molecule has 2 saturated heterocycles. The molecule has 0 bridgehead atoms. The van der Waals surface area contributed by atoms with Crippen molar-refractivity contribution in [2.24, 2.45) is 0 Å². The minimum Gasteiger partial charge on any atom is -0.339 e. The maximum absolute atomic E-state index is 14.5. The maximum atomic E-state index is 14.5. The Kier molecular flexibility index (Phi) is 8.25. The van der Waals surface area contributed by atoms with Crippen LogP contribution < -0.4 is 5.32 Å². The molecule has 5 rings (SSSR count). The van der Waals surface area contributed by atoms with Crippen LogP contribution >= 0.6 is 0 Å². The first-order chi connectivity index (χ1) is 19.3. The number of aryl methyl sites for hydroxylation is 2. The first-order valence-corrected chi connectivity index (χ1v) is 14.7. The Balaban J connectivity index is 1.58. The van der Waals surface area contributed by atoms with Gasteiger partial charge in [-0.05, 0) is 68.4 Å². The highest BCUT2D eigenvalue weighted by Gasteiger charge is 2.50. The van der Waals surface area contributed by atoms with Crippen LogP contribution in [0.15, 0.2) is 78.9 Å². The van der Waals surface area contributed by atoms with Gasteiger partial charge in [0, 0.05) is 44.7 Å². The SMILES string of the molecule is Cc1ccccc1C(CC=O)(c1ccccc1C)N1CCC(C(=O)N2CC(C)NC(C)C2)(c2ccccc2)CC1. The van der Waals surface area contributed by atoms with E-state index in [1.807, 2.05) is 6.07 Å². The van der Waals surface area contributed by atoms with Gasteiger partial charge in [-0.2, -0.15) is 0 Å². The maximum Gasteiger partial charge on any atom is 0.233 e. The van der Waals surface area contributed by atoms with Crippen LogP contribution in [0.3, 0.4) is 0 Å². The van der Waals surface area contributed by atoms with Gasteiger partial charge in [0.25, 0.3) is 0 Å². The number of amides is 1. The van der Waals surface area contributed by atoms with Crippen LogP contribution in [0.1, 0.15) is 60.9 Å². The third-order valence-electron chi connectivity index (χ3n) is 9.30. The van der Waals surface area contributed by atoms with Crippen molar-refractivity contribution in [3.8, 4) is 0 Å². The van der Waals surface area contributed by atoms with Gasteiger partial charge in [-0.1, -0.05) is 78.9 Å². The molecule has 0 aliphatic carbocycles. The van der Waals surface area contributed by atoms with Gasteiger partial charge in [-0.3, -0.25) is 9.69 Å². The summed E-state index contributed by atoms with van der Waals surface area (Å²) in [6.45, 7) is 11.5. The topological polar surface area (TPSA) is 52.7 Å². The average molecular weight is 538 g/mol. The molecule has 0 radical (unpaired) electrons. The predicted octanol–water partition coefficient (Wildman–Crippen LogP) is 5.38. The first-order valence-electron chi connectivity index (χ1n) is 14.7. The third-order valence-corrected chi connectivity index (χ3v) is 9.30. The Morgan fingerprint density at radius 2 is 1.35 bits per heavy atom. The Morgan fingerprint density at radius 1 is 0.850 bits per heavy atom. The summed E-state index contributed by atoms with van der Waals surface area (Å²) in [5.41, 5.74) is 4.60. The number of aldehydes is 1. The Hall–Kier alpha value is -3.28. The highest BCUT2D eigenvalue weighted by atomic mass is 16.2. The zero-order chi connectivity index (χ0) is 28.3. The largest absolute Gasteiger partial charge is 0.339 e. The van der Waals surface area contributed by atoms with Gasteiger partial charge >= 0.3 is 0 Å². The molecule has 1 amide bonds. The minimum absolute atomic E-state index is 0.242. The van der Waals surface area contributed by atoms with Gasteiger partial charge < -0.3 is 15.0 Å². The predicted molar refractivity (Wildman–Crippen MR) is 161 cm³/mol. The molecular weight excluding hydrogens is 494 g/mol. The molecule has 3 aromatic carbocycles. The number of piperazine rings is 1. The highest BCUT2D eigenvalue weighted by molar-refractivity contribution is 5.88. The second-order valence-corrected chi connectivity index (χ2v) is 12.0. The molecule has 2 unspecified atom stereocenters. The van der Waals surface area contributed by atoms with E-state index in [-0.39, 0.29) is 18.0 Å². The van der Waals surface area contributed by atoms with E-state index in [4.69, 9.17) is 0 Å². The second-order valence-electron chi connectivity index (χ2n) is 12.0. The highest BCUT2D eigenvalue weighted by Crippen LogP contribution is 2.47. The molecule has 210 valence electrons. The van der Waals surface area contributed by atoms with Crippen LogP contribution in [-0.2, 0) is 20.5 Å². The molecular formula is C35H43N3O2. The lowest BCUT2D eigenvalue weighted by atomic mass is 9.68. The summed E-state index contributed by atoms with van der Waals surface area (Å²) in [5, 5.41) is 3.57. The van der Waals surface area contributed by atoms with Crippen LogP contribution in [0.2, 0.25) is 0 Å². The summed E-state index contributed by atoms with van der Waals surface area (Å²) in [4.78, 5) is 31.6. The van der Waals surface area contributed by atoms with E-state index in [1.165, 1.54) is 22.3 Å². The van der Waals surface area contributed by atoms with Crippen molar-refractivity contribution in [2.75, 3.05) is 26.2 Å². The summed E-state index contributed by atoms with van der Waals surface area (Å²) in [6, 6.07) is 27.8. The number of carbonyl (C=O) groups excluding carboxylic acids is 2. The molecule has 2 atom stereocenters. The van der Waals surface area contributed by atoms with Gasteiger partial charge in [0.2, 0.25) is 5.91 Å². The molecule has 2 heterocycles. The van der Waals surface area contributed by atoms with E-state index >= 15 is 0 Å². The smallest absolute Gasteiger partial charge is 0.233 e. The molecule has 2 aliphatic heterocycles. The van der Waals surface area contributed by atoms with Crippen molar-refractivity contribution >= 4 is 12.2 Å². The normalized spacial score (nSPS) is 21.6. The van der Waals surface area contributed by atoms with E-state index in [2.05, 4.69) is 116 Å². The number of rotatable bonds is 7. The number of hydrogen-bond donors (Lipinski definition) is 1. The molecule has 1 N–H and O–H groups in total. The van der Waals surface area contributed by atoms with Crippen LogP contribution in [-0.4, -0.2) is 60.3 Å². The fraction of sp³-hybridized carbons (Fsp3) is 0.429. The number of hydrogen-bond acceptors (Lipinski definition) is 4. The van der Waals surface area contributed by atoms with Gasteiger partial charge in [0.15, 0.2) is 0 Å². The molecule has 40 heavy (non-hydrogen) atoms. The van der Waals surface area contributed by atoms with Crippen molar-refractivity contribution in [3.05, 3.63) is 107 Å². The van der Waals surface area contributed by atoms with Crippen LogP contribution in [0.4, 0.5) is 0 Å². The summed E-state index contributed by atoms with van der Waals surface area (Å²) < 4.78 is 0. The molecule has 5 heteroatoms. The van der Waals surface area contributed by atoms with Gasteiger partial charge in [-0.25, -0.2) is 0 Å². The summed E-state index contributed by atoms with van der Waals surface area (Å²) in [7, 11) is 0. The number of nitrogens with zero attached hydrogens (tertiary/aromatic N) is 2. The summed E-state index contributed by atoms with van der Waals surface area (Å²) in [6.07, 6.45) is 2.86. The lowest BCUT2D eigenvalue weighted by molar-refractivity contribution is -0.142. The number of benzene rings is 3. The van der Waals surface area contributed by atoms with E-state index in [0.717, 1.165) is 24.9 Å². The fourth-order valence-electron chi connectivity index (χ4n) is 7.48. The van der Waals surface area contributed by atoms with E-state index in [1.54, 1.807) is 0 Å². The van der Waals surface area contributed by atoms with Crippen molar-refractivity contribution in [3.63, 3.8) is 0 Å².